The van der Waals surface area contributed by atoms with Crippen molar-refractivity contribution in [3.63, 3.8) is 0 Å². The van der Waals surface area contributed by atoms with E-state index in [4.69, 9.17) is 4.74 Å². The summed E-state index contributed by atoms with van der Waals surface area (Å²) in [5.41, 5.74) is 0.744. The highest BCUT2D eigenvalue weighted by Crippen LogP contribution is 2.38. The minimum absolute atomic E-state index is 0.00815. The van der Waals surface area contributed by atoms with Gasteiger partial charge in [0.05, 0.1) is 18.0 Å². The zero-order valence-corrected chi connectivity index (χ0v) is 19.6. The second-order valence-corrected chi connectivity index (χ2v) is 8.81. The molecule has 3 aliphatic rings. The Morgan fingerprint density at radius 3 is 2.76 bits per heavy atom. The van der Waals surface area contributed by atoms with Crippen LogP contribution in [0.1, 0.15) is 46.5 Å². The van der Waals surface area contributed by atoms with Gasteiger partial charge in [0.2, 0.25) is 5.91 Å². The normalized spacial score (nSPS) is 24.1. The molecule has 2 unspecified atom stereocenters. The Bertz CT molecular complexity index is 1110. The van der Waals surface area contributed by atoms with E-state index in [1.165, 1.54) is 0 Å². The van der Waals surface area contributed by atoms with E-state index in [-0.39, 0.29) is 29.8 Å². The van der Waals surface area contributed by atoms with Gasteiger partial charge in [-0.2, -0.15) is 0 Å². The zero-order chi connectivity index (χ0) is 24.5. The van der Waals surface area contributed by atoms with Crippen LogP contribution in [0.5, 0.6) is 0 Å². The predicted molar refractivity (Wildman–Crippen MR) is 125 cm³/mol. The van der Waals surface area contributed by atoms with Gasteiger partial charge in [-0.3, -0.25) is 14.5 Å². The summed E-state index contributed by atoms with van der Waals surface area (Å²) in [6.07, 6.45) is 3.24. The average molecular weight is 468 g/mol. The van der Waals surface area contributed by atoms with Gasteiger partial charge in [0, 0.05) is 5.70 Å². The van der Waals surface area contributed by atoms with Crippen molar-refractivity contribution in [1.29, 1.82) is 0 Å². The third-order valence-corrected chi connectivity index (χ3v) is 6.61. The quantitative estimate of drug-likeness (QED) is 0.461. The summed E-state index contributed by atoms with van der Waals surface area (Å²) in [6, 6.07) is 6.56. The zero-order valence-electron chi connectivity index (χ0n) is 19.6. The van der Waals surface area contributed by atoms with Gasteiger partial charge in [-0.1, -0.05) is 31.9 Å². The van der Waals surface area contributed by atoms with Crippen LogP contribution in [0, 0.1) is 5.92 Å². The van der Waals surface area contributed by atoms with Crippen LogP contribution in [0.3, 0.4) is 0 Å². The van der Waals surface area contributed by atoms with Gasteiger partial charge >= 0.3 is 12.0 Å². The first-order chi connectivity index (χ1) is 16.3. The van der Waals surface area contributed by atoms with Crippen molar-refractivity contribution in [3.8, 4) is 0 Å². The van der Waals surface area contributed by atoms with Gasteiger partial charge in [-0.25, -0.2) is 14.6 Å². The number of ether oxygens (including phenoxy) is 1. The van der Waals surface area contributed by atoms with Gasteiger partial charge < -0.3 is 20.7 Å². The van der Waals surface area contributed by atoms with E-state index < -0.39 is 30.0 Å². The maximum Gasteiger partial charge on any atom is 0.343 e. The van der Waals surface area contributed by atoms with Gasteiger partial charge in [0.1, 0.15) is 23.5 Å². The molecule has 1 aromatic rings. The summed E-state index contributed by atoms with van der Waals surface area (Å²) in [4.78, 5) is 57.0. The number of benzene rings is 1. The number of urea groups is 1. The van der Waals surface area contributed by atoms with E-state index in [0.717, 1.165) is 24.2 Å². The molecule has 1 aromatic carbocycles. The molecule has 2 heterocycles. The number of imide groups is 1. The van der Waals surface area contributed by atoms with Crippen LogP contribution in [0.4, 0.5) is 16.2 Å². The van der Waals surface area contributed by atoms with Gasteiger partial charge in [0.15, 0.2) is 0 Å². The largest absolute Gasteiger partial charge is 0.462 e. The van der Waals surface area contributed by atoms with Crippen molar-refractivity contribution in [3.05, 3.63) is 35.5 Å². The molecule has 2 aliphatic heterocycles. The number of allylic oxidation sites excluding steroid dienone is 1. The number of para-hydroxylation sites is 2. The minimum Gasteiger partial charge on any atom is -0.462 e. The Kier molecular flexibility index (Phi) is 6.41. The molecule has 3 N–H and O–H groups in total. The van der Waals surface area contributed by atoms with E-state index in [1.54, 1.807) is 32.0 Å². The molecule has 0 aromatic heterocycles. The smallest absolute Gasteiger partial charge is 0.343 e. The van der Waals surface area contributed by atoms with E-state index in [9.17, 15) is 19.2 Å². The molecule has 10 nitrogen and oxygen atoms in total. The molecule has 1 saturated heterocycles. The van der Waals surface area contributed by atoms with Crippen LogP contribution in [-0.4, -0.2) is 53.2 Å². The third kappa shape index (κ3) is 4.15. The maximum absolute atomic E-state index is 13.2. The molecule has 34 heavy (non-hydrogen) atoms. The van der Waals surface area contributed by atoms with E-state index >= 15 is 0 Å². The van der Waals surface area contributed by atoms with Gasteiger partial charge in [-0.05, 0) is 44.7 Å². The van der Waals surface area contributed by atoms with Crippen LogP contribution in [-0.2, 0) is 19.1 Å². The first-order valence-electron chi connectivity index (χ1n) is 11.5. The Balaban J connectivity index is 1.58. The lowest BCUT2D eigenvalue weighted by Gasteiger charge is -2.36. The third-order valence-electron chi connectivity index (χ3n) is 6.61. The molecule has 0 bridgehead atoms. The van der Waals surface area contributed by atoms with Crippen molar-refractivity contribution < 1.29 is 23.9 Å². The maximum atomic E-state index is 13.2. The number of amidine groups is 1. The highest BCUT2D eigenvalue weighted by molar-refractivity contribution is 6.25. The second-order valence-electron chi connectivity index (χ2n) is 8.81. The molecule has 10 heteroatoms. The predicted octanol–water partition coefficient (Wildman–Crippen LogP) is 2.60. The Labute approximate surface area is 197 Å². The van der Waals surface area contributed by atoms with E-state index in [0.29, 0.717) is 23.5 Å². The lowest BCUT2D eigenvalue weighted by atomic mass is 9.73. The molecule has 2 atom stereocenters. The van der Waals surface area contributed by atoms with Gasteiger partial charge in [-0.15, -0.1) is 0 Å². The monoisotopic (exact) mass is 467 g/mol. The summed E-state index contributed by atoms with van der Waals surface area (Å²) in [5.74, 6) is -1.69. The van der Waals surface area contributed by atoms with Crippen LogP contribution < -0.4 is 16.0 Å². The standard InChI is InChI=1S/C24H29N5O5/c1-4-34-21(31)19-15(3)25-16-10-5-6-11-17(16)26-20(19)27-18(30)13-29-22(32)24(28-23(29)33)12-8-7-9-14(24)2/h5-6,10-11,14,25H,4,7-9,12-13H2,1-3H3,(H,28,33)(H,26,27,30). The van der Waals surface area contributed by atoms with Gasteiger partial charge in [0.25, 0.3) is 5.91 Å². The number of esters is 1. The summed E-state index contributed by atoms with van der Waals surface area (Å²) in [7, 11) is 0. The second kappa shape index (κ2) is 9.28. The number of hydrogen-bond acceptors (Lipinski definition) is 7. The summed E-state index contributed by atoms with van der Waals surface area (Å²) in [6.45, 7) is 4.98. The van der Waals surface area contributed by atoms with Crippen molar-refractivity contribution in [1.82, 2.24) is 15.5 Å². The number of carbonyl (C=O) groups is 4. The first kappa shape index (κ1) is 23.5. The molecule has 0 radical (unpaired) electrons. The van der Waals surface area contributed by atoms with Crippen molar-refractivity contribution in [2.24, 2.45) is 10.9 Å². The molecule has 2 fully saturated rings. The number of aliphatic imine (C=N–C) groups is 1. The molecule has 4 amide bonds. The summed E-state index contributed by atoms with van der Waals surface area (Å²) < 4.78 is 5.17. The van der Waals surface area contributed by atoms with Crippen molar-refractivity contribution in [2.45, 2.75) is 52.0 Å². The minimum atomic E-state index is -0.953. The highest BCUT2D eigenvalue weighted by atomic mass is 16.5. The molecule has 4 rings (SSSR count). The first-order valence-corrected chi connectivity index (χ1v) is 11.5. The number of nitrogens with zero attached hydrogens (tertiary/aromatic N) is 2. The van der Waals surface area contributed by atoms with Crippen LogP contribution in [0.15, 0.2) is 40.5 Å². The summed E-state index contributed by atoms with van der Waals surface area (Å²) >= 11 is 0. The molecule has 180 valence electrons. The van der Waals surface area contributed by atoms with Crippen molar-refractivity contribution in [2.75, 3.05) is 18.5 Å². The van der Waals surface area contributed by atoms with Crippen LogP contribution in [0.2, 0.25) is 0 Å². The molecular formula is C24H29N5O5. The topological polar surface area (TPSA) is 129 Å². The number of rotatable bonds is 4. The number of hydrogen-bond donors (Lipinski definition) is 3. The molecule has 1 spiro atoms. The number of fused-ring (bicyclic) bond motifs is 1. The summed E-state index contributed by atoms with van der Waals surface area (Å²) in [5, 5.41) is 8.59. The Morgan fingerprint density at radius 1 is 1.26 bits per heavy atom. The highest BCUT2D eigenvalue weighted by Gasteiger charge is 2.55. The lowest BCUT2D eigenvalue weighted by molar-refractivity contribution is -0.138. The number of carbonyl (C=O) groups excluding carboxylic acids is 4. The lowest BCUT2D eigenvalue weighted by Crippen LogP contribution is -2.54. The SMILES string of the molecule is CCOC(=O)C1=C(C)Nc2ccccc2N=C1NC(=O)CN1C(=O)NC2(CCCCC2C)C1=O. The number of amides is 4. The van der Waals surface area contributed by atoms with E-state index in [1.807, 2.05) is 13.0 Å². The molecular weight excluding hydrogens is 438 g/mol. The average Bonchev–Trinajstić information content (AvgIpc) is 2.93. The van der Waals surface area contributed by atoms with Crippen molar-refractivity contribution >= 4 is 41.0 Å². The Morgan fingerprint density at radius 2 is 2.03 bits per heavy atom. The van der Waals surface area contributed by atoms with Crippen LogP contribution >= 0.6 is 0 Å². The van der Waals surface area contributed by atoms with Crippen LogP contribution in [0.25, 0.3) is 0 Å². The fourth-order valence-corrected chi connectivity index (χ4v) is 4.79. The Hall–Kier alpha value is -3.69. The molecule has 1 aliphatic carbocycles. The fourth-order valence-electron chi connectivity index (χ4n) is 4.79. The fraction of sp³-hybridized carbons (Fsp3) is 0.458. The number of nitrogens with one attached hydrogen (secondary N) is 3. The number of anilines is 1. The molecule has 1 saturated carbocycles. The van der Waals surface area contributed by atoms with E-state index in [2.05, 4.69) is 20.9 Å².